The molecule has 0 aromatic rings. The zero-order chi connectivity index (χ0) is 14.7. The van der Waals surface area contributed by atoms with Gasteiger partial charge in [0.1, 0.15) is 6.04 Å². The predicted molar refractivity (Wildman–Crippen MR) is 68.2 cm³/mol. The lowest BCUT2D eigenvalue weighted by Crippen LogP contribution is -2.49. The van der Waals surface area contributed by atoms with Crippen molar-refractivity contribution in [3.63, 3.8) is 0 Å². The van der Waals surface area contributed by atoms with Crippen LogP contribution in [0.1, 0.15) is 19.3 Å². The number of hydrogen-bond donors (Lipinski definition) is 3. The van der Waals surface area contributed by atoms with E-state index in [0.717, 1.165) is 12.8 Å². The number of hydrogen-bond acceptors (Lipinski definition) is 4. The molecule has 20 heavy (non-hydrogen) atoms. The number of amides is 3. The van der Waals surface area contributed by atoms with Crippen LogP contribution in [0, 0.1) is 5.92 Å². The van der Waals surface area contributed by atoms with Gasteiger partial charge in [-0.25, -0.2) is 14.4 Å². The maximum atomic E-state index is 12.0. The van der Waals surface area contributed by atoms with Gasteiger partial charge in [0.15, 0.2) is 0 Å². The highest BCUT2D eigenvalue weighted by atomic mass is 16.5. The highest BCUT2D eigenvalue weighted by Crippen LogP contribution is 2.32. The molecule has 3 N–H and O–H groups in total. The number of nitrogens with one attached hydrogen (secondary N) is 2. The number of nitrogens with zero attached hydrogens (tertiary/aromatic N) is 1. The number of carboxylic acids is 1. The van der Waals surface area contributed by atoms with Crippen LogP contribution in [0.2, 0.25) is 0 Å². The zero-order valence-corrected chi connectivity index (χ0v) is 11.3. The van der Waals surface area contributed by atoms with Crippen LogP contribution < -0.4 is 10.6 Å². The van der Waals surface area contributed by atoms with Gasteiger partial charge >= 0.3 is 18.1 Å². The molecule has 2 atom stereocenters. The van der Waals surface area contributed by atoms with Crippen molar-refractivity contribution in [1.29, 1.82) is 0 Å². The highest BCUT2D eigenvalue weighted by molar-refractivity contribution is 5.83. The summed E-state index contributed by atoms with van der Waals surface area (Å²) in [6.45, 7) is 0.843. The van der Waals surface area contributed by atoms with Gasteiger partial charge in [0.05, 0.1) is 13.2 Å². The van der Waals surface area contributed by atoms with E-state index in [9.17, 15) is 14.4 Å². The second-order valence-electron chi connectivity index (χ2n) is 5.17. The van der Waals surface area contributed by atoms with E-state index in [1.54, 1.807) is 0 Å². The first-order valence-corrected chi connectivity index (χ1v) is 6.64. The van der Waals surface area contributed by atoms with Crippen LogP contribution in [-0.4, -0.2) is 60.4 Å². The Bertz CT molecular complexity index is 410. The normalized spacial score (nSPS) is 23.1. The molecule has 8 heteroatoms. The van der Waals surface area contributed by atoms with Gasteiger partial charge in [-0.1, -0.05) is 0 Å². The Morgan fingerprint density at radius 1 is 1.30 bits per heavy atom. The average Bonchev–Trinajstić information content (AvgIpc) is 3.14. The van der Waals surface area contributed by atoms with Gasteiger partial charge in [0.25, 0.3) is 0 Å². The zero-order valence-electron chi connectivity index (χ0n) is 11.3. The van der Waals surface area contributed by atoms with E-state index < -0.39 is 24.1 Å². The molecule has 1 aliphatic carbocycles. The minimum atomic E-state index is -0.996. The number of ether oxygens (including phenoxy) is 1. The lowest BCUT2D eigenvalue weighted by Gasteiger charge is -2.21. The summed E-state index contributed by atoms with van der Waals surface area (Å²) >= 11 is 0. The molecular weight excluding hydrogens is 266 g/mol. The van der Waals surface area contributed by atoms with Crippen molar-refractivity contribution in [3.8, 4) is 0 Å². The van der Waals surface area contributed by atoms with Crippen molar-refractivity contribution in [2.24, 2.45) is 5.92 Å². The van der Waals surface area contributed by atoms with E-state index in [0.29, 0.717) is 19.5 Å². The molecule has 0 radical (unpaired) electrons. The predicted octanol–water partition coefficient (Wildman–Crippen LogP) is -0.0105. The molecule has 2 aliphatic rings. The number of rotatable bonds is 4. The van der Waals surface area contributed by atoms with Gasteiger partial charge in [-0.2, -0.15) is 0 Å². The molecule has 1 heterocycles. The maximum absolute atomic E-state index is 12.0. The molecule has 2 rings (SSSR count). The lowest BCUT2D eigenvalue weighted by atomic mass is 10.2. The molecule has 0 aromatic heterocycles. The van der Waals surface area contributed by atoms with E-state index in [4.69, 9.17) is 5.11 Å². The molecule has 1 saturated heterocycles. The Balaban J connectivity index is 1.81. The minimum absolute atomic E-state index is 0.0445. The molecule has 8 nitrogen and oxygen atoms in total. The molecule has 2 fully saturated rings. The standard InChI is InChI=1S/C12H19N3O5/c1-20-12(19)13-8-4-5-15(6-8)11(18)14-9(10(16)17)7-2-3-7/h7-9H,2-6H2,1H3,(H,13,19)(H,14,18)(H,16,17). The molecular formula is C12H19N3O5. The van der Waals surface area contributed by atoms with E-state index in [1.165, 1.54) is 12.0 Å². The molecule has 112 valence electrons. The Labute approximate surface area is 116 Å². The molecule has 2 unspecified atom stereocenters. The molecule has 1 saturated carbocycles. The smallest absolute Gasteiger partial charge is 0.407 e. The summed E-state index contributed by atoms with van der Waals surface area (Å²) < 4.78 is 4.50. The number of likely N-dealkylation sites (tertiary alicyclic amines) is 1. The summed E-state index contributed by atoms with van der Waals surface area (Å²) in [5, 5.41) is 14.2. The van der Waals surface area contributed by atoms with Gasteiger partial charge < -0.3 is 25.4 Å². The maximum Gasteiger partial charge on any atom is 0.407 e. The van der Waals surface area contributed by atoms with E-state index >= 15 is 0 Å². The quantitative estimate of drug-likeness (QED) is 0.673. The van der Waals surface area contributed by atoms with Gasteiger partial charge in [-0.15, -0.1) is 0 Å². The topological polar surface area (TPSA) is 108 Å². The van der Waals surface area contributed by atoms with Crippen LogP contribution in [0.5, 0.6) is 0 Å². The largest absolute Gasteiger partial charge is 0.480 e. The number of urea groups is 1. The number of aliphatic carboxylic acids is 1. The molecule has 0 aromatic carbocycles. The van der Waals surface area contributed by atoms with E-state index in [-0.39, 0.29) is 12.0 Å². The third-order valence-electron chi connectivity index (χ3n) is 3.62. The van der Waals surface area contributed by atoms with Crippen LogP contribution in [-0.2, 0) is 9.53 Å². The fourth-order valence-electron chi connectivity index (χ4n) is 2.32. The van der Waals surface area contributed by atoms with Gasteiger partial charge in [-0.3, -0.25) is 0 Å². The van der Waals surface area contributed by atoms with Crippen LogP contribution in [0.15, 0.2) is 0 Å². The van der Waals surface area contributed by atoms with E-state index in [2.05, 4.69) is 15.4 Å². The summed E-state index contributed by atoms with van der Waals surface area (Å²) in [5.74, 6) is -0.952. The Hall–Kier alpha value is -1.99. The Kier molecular flexibility index (Phi) is 4.31. The van der Waals surface area contributed by atoms with Crippen molar-refractivity contribution in [2.45, 2.75) is 31.3 Å². The van der Waals surface area contributed by atoms with Crippen LogP contribution in [0.3, 0.4) is 0 Å². The number of carbonyl (C=O) groups is 3. The van der Waals surface area contributed by atoms with Crippen molar-refractivity contribution in [3.05, 3.63) is 0 Å². The first-order chi connectivity index (χ1) is 9.51. The van der Waals surface area contributed by atoms with Crippen molar-refractivity contribution in [2.75, 3.05) is 20.2 Å². The highest BCUT2D eigenvalue weighted by Gasteiger charge is 2.39. The van der Waals surface area contributed by atoms with Crippen molar-refractivity contribution in [1.82, 2.24) is 15.5 Å². The summed E-state index contributed by atoms with van der Waals surface area (Å²) in [7, 11) is 1.28. The minimum Gasteiger partial charge on any atom is -0.480 e. The van der Waals surface area contributed by atoms with Crippen LogP contribution in [0.4, 0.5) is 9.59 Å². The Morgan fingerprint density at radius 2 is 2.00 bits per heavy atom. The number of carbonyl (C=O) groups excluding carboxylic acids is 2. The van der Waals surface area contributed by atoms with Crippen molar-refractivity contribution < 1.29 is 24.2 Å². The number of methoxy groups -OCH3 is 1. The molecule has 0 bridgehead atoms. The average molecular weight is 285 g/mol. The van der Waals surface area contributed by atoms with Crippen LogP contribution in [0.25, 0.3) is 0 Å². The number of alkyl carbamates (subject to hydrolysis) is 1. The SMILES string of the molecule is COC(=O)NC1CCN(C(=O)NC(C(=O)O)C2CC2)C1. The van der Waals surface area contributed by atoms with Crippen LogP contribution >= 0.6 is 0 Å². The molecule has 0 spiro atoms. The van der Waals surface area contributed by atoms with Gasteiger partial charge in [0.2, 0.25) is 0 Å². The second kappa shape index (κ2) is 5.98. The third-order valence-corrected chi connectivity index (χ3v) is 3.62. The third kappa shape index (κ3) is 3.52. The molecule has 1 aliphatic heterocycles. The summed E-state index contributed by atoms with van der Waals surface area (Å²) in [4.78, 5) is 35.7. The van der Waals surface area contributed by atoms with Gasteiger partial charge in [-0.05, 0) is 25.2 Å². The fraction of sp³-hybridized carbons (Fsp3) is 0.750. The monoisotopic (exact) mass is 285 g/mol. The Morgan fingerprint density at radius 3 is 2.55 bits per heavy atom. The first kappa shape index (κ1) is 14.4. The number of carboxylic acid groups (broad SMARTS) is 1. The lowest BCUT2D eigenvalue weighted by molar-refractivity contribution is -0.139. The van der Waals surface area contributed by atoms with E-state index in [1.807, 2.05) is 0 Å². The summed E-state index contributed by atoms with van der Waals surface area (Å²) in [5.41, 5.74) is 0. The summed E-state index contributed by atoms with van der Waals surface area (Å²) in [6.07, 6.45) is 1.77. The fourth-order valence-corrected chi connectivity index (χ4v) is 2.32. The second-order valence-corrected chi connectivity index (χ2v) is 5.17. The first-order valence-electron chi connectivity index (χ1n) is 6.64. The molecule has 3 amide bonds. The van der Waals surface area contributed by atoms with Gasteiger partial charge in [0, 0.05) is 13.1 Å². The summed E-state index contributed by atoms with van der Waals surface area (Å²) in [6, 6.07) is -1.36. The van der Waals surface area contributed by atoms with Crippen molar-refractivity contribution >= 4 is 18.1 Å².